The van der Waals surface area contributed by atoms with Crippen LogP contribution in [0.5, 0.6) is 0 Å². The molecule has 84 valence electrons. The van der Waals surface area contributed by atoms with Crippen molar-refractivity contribution in [1.29, 1.82) is 0 Å². The molecular weight excluding hydrogens is 220 g/mol. The standard InChI is InChI=1S/C13H15ClN2/c1-11-4-2-3-5-12(11)6-7-16-10-15-9-13(16)8-14/h2-5,9-10H,6-8H2,1H3. The van der Waals surface area contributed by atoms with Gasteiger partial charge in [-0.05, 0) is 24.5 Å². The Hall–Kier alpha value is -1.28. The Balaban J connectivity index is 2.05. The van der Waals surface area contributed by atoms with Gasteiger partial charge in [0.25, 0.3) is 0 Å². The van der Waals surface area contributed by atoms with Gasteiger partial charge < -0.3 is 4.57 Å². The number of hydrogen-bond donors (Lipinski definition) is 0. The first-order chi connectivity index (χ1) is 7.81. The highest BCUT2D eigenvalue weighted by Crippen LogP contribution is 2.10. The van der Waals surface area contributed by atoms with E-state index in [-0.39, 0.29) is 0 Å². The van der Waals surface area contributed by atoms with Crippen LogP contribution >= 0.6 is 11.6 Å². The van der Waals surface area contributed by atoms with Crippen LogP contribution in [0.1, 0.15) is 16.8 Å². The van der Waals surface area contributed by atoms with Gasteiger partial charge in [0.2, 0.25) is 0 Å². The van der Waals surface area contributed by atoms with E-state index >= 15 is 0 Å². The van der Waals surface area contributed by atoms with Crippen LogP contribution in [0.4, 0.5) is 0 Å². The molecule has 1 aromatic carbocycles. The third kappa shape index (κ3) is 2.45. The predicted molar refractivity (Wildman–Crippen MR) is 66.7 cm³/mol. The SMILES string of the molecule is Cc1ccccc1CCn1cncc1CCl. The van der Waals surface area contributed by atoms with E-state index in [9.17, 15) is 0 Å². The lowest BCUT2D eigenvalue weighted by molar-refractivity contribution is 0.673. The Morgan fingerprint density at radius 1 is 1.31 bits per heavy atom. The monoisotopic (exact) mass is 234 g/mol. The number of hydrogen-bond acceptors (Lipinski definition) is 1. The molecule has 0 saturated carbocycles. The van der Waals surface area contributed by atoms with Crippen molar-refractivity contribution in [2.45, 2.75) is 25.8 Å². The Labute approximate surface area is 101 Å². The van der Waals surface area contributed by atoms with Crippen molar-refractivity contribution in [2.24, 2.45) is 0 Å². The third-order valence-corrected chi connectivity index (χ3v) is 3.09. The molecule has 2 nitrogen and oxygen atoms in total. The van der Waals surface area contributed by atoms with Crippen LogP contribution in [0.3, 0.4) is 0 Å². The lowest BCUT2D eigenvalue weighted by Crippen LogP contribution is -2.04. The van der Waals surface area contributed by atoms with Gasteiger partial charge in [-0.3, -0.25) is 0 Å². The van der Waals surface area contributed by atoms with Crippen molar-refractivity contribution in [2.75, 3.05) is 0 Å². The maximum atomic E-state index is 5.83. The Bertz CT molecular complexity index is 462. The Morgan fingerprint density at radius 2 is 2.12 bits per heavy atom. The zero-order chi connectivity index (χ0) is 11.4. The van der Waals surface area contributed by atoms with E-state index in [0.29, 0.717) is 5.88 Å². The number of aryl methyl sites for hydroxylation is 3. The first kappa shape index (κ1) is 11.2. The first-order valence-electron chi connectivity index (χ1n) is 5.40. The van der Waals surface area contributed by atoms with Gasteiger partial charge in [0.15, 0.2) is 0 Å². The van der Waals surface area contributed by atoms with Crippen molar-refractivity contribution in [3.63, 3.8) is 0 Å². The van der Waals surface area contributed by atoms with E-state index < -0.39 is 0 Å². The van der Waals surface area contributed by atoms with Gasteiger partial charge in [0.1, 0.15) is 0 Å². The highest BCUT2D eigenvalue weighted by Gasteiger charge is 2.02. The number of imidazole rings is 1. The molecule has 0 bridgehead atoms. The van der Waals surface area contributed by atoms with E-state index in [1.54, 1.807) is 0 Å². The maximum Gasteiger partial charge on any atom is 0.0948 e. The molecule has 0 radical (unpaired) electrons. The summed E-state index contributed by atoms with van der Waals surface area (Å²) < 4.78 is 2.11. The normalized spacial score (nSPS) is 10.6. The lowest BCUT2D eigenvalue weighted by atomic mass is 10.1. The van der Waals surface area contributed by atoms with Crippen molar-refractivity contribution in [3.8, 4) is 0 Å². The molecule has 1 aromatic heterocycles. The fourth-order valence-electron chi connectivity index (χ4n) is 1.79. The summed E-state index contributed by atoms with van der Waals surface area (Å²) in [5, 5.41) is 0. The van der Waals surface area contributed by atoms with Gasteiger partial charge in [-0.15, -0.1) is 11.6 Å². The number of nitrogens with zero attached hydrogens (tertiary/aromatic N) is 2. The highest BCUT2D eigenvalue weighted by molar-refractivity contribution is 6.16. The minimum absolute atomic E-state index is 0.522. The highest BCUT2D eigenvalue weighted by atomic mass is 35.5. The number of halogens is 1. The molecule has 0 atom stereocenters. The van der Waals surface area contributed by atoms with Crippen molar-refractivity contribution >= 4 is 11.6 Å². The third-order valence-electron chi connectivity index (χ3n) is 2.82. The Kier molecular flexibility index (Phi) is 3.62. The van der Waals surface area contributed by atoms with Crippen LogP contribution in [0.2, 0.25) is 0 Å². The zero-order valence-corrected chi connectivity index (χ0v) is 10.1. The summed E-state index contributed by atoms with van der Waals surface area (Å²) in [5.41, 5.74) is 3.81. The summed E-state index contributed by atoms with van der Waals surface area (Å²) in [4.78, 5) is 4.11. The summed E-state index contributed by atoms with van der Waals surface area (Å²) in [7, 11) is 0. The molecule has 1 heterocycles. The molecule has 0 saturated heterocycles. The van der Waals surface area contributed by atoms with Gasteiger partial charge in [-0.25, -0.2) is 4.98 Å². The van der Waals surface area contributed by atoms with Gasteiger partial charge in [0, 0.05) is 12.7 Å². The predicted octanol–water partition coefficient (Wildman–Crippen LogP) is 3.17. The second-order valence-electron chi connectivity index (χ2n) is 3.89. The number of alkyl halides is 1. The van der Waals surface area contributed by atoms with E-state index in [4.69, 9.17) is 11.6 Å². The fourth-order valence-corrected chi connectivity index (χ4v) is 2.01. The summed E-state index contributed by atoms with van der Waals surface area (Å²) in [5.74, 6) is 0.522. The van der Waals surface area contributed by atoms with Crippen LogP contribution in [0, 0.1) is 6.92 Å². The zero-order valence-electron chi connectivity index (χ0n) is 9.36. The summed E-state index contributed by atoms with van der Waals surface area (Å²) >= 11 is 5.83. The van der Waals surface area contributed by atoms with Crippen LogP contribution in [0.15, 0.2) is 36.8 Å². The number of aromatic nitrogens is 2. The fraction of sp³-hybridized carbons (Fsp3) is 0.308. The molecule has 3 heteroatoms. The molecule has 0 amide bonds. The van der Waals surface area contributed by atoms with E-state index in [2.05, 4.69) is 40.7 Å². The second-order valence-corrected chi connectivity index (χ2v) is 4.16. The van der Waals surface area contributed by atoms with Crippen LogP contribution in [0.25, 0.3) is 0 Å². The molecule has 0 spiro atoms. The molecular formula is C13H15ClN2. The molecule has 0 aliphatic carbocycles. The first-order valence-corrected chi connectivity index (χ1v) is 5.94. The average molecular weight is 235 g/mol. The minimum atomic E-state index is 0.522. The van der Waals surface area contributed by atoms with Gasteiger partial charge in [-0.1, -0.05) is 24.3 Å². The molecule has 0 fully saturated rings. The summed E-state index contributed by atoms with van der Waals surface area (Å²) in [6.07, 6.45) is 4.69. The van der Waals surface area contributed by atoms with Gasteiger partial charge >= 0.3 is 0 Å². The molecule has 0 N–H and O–H groups in total. The van der Waals surface area contributed by atoms with Crippen molar-refractivity contribution in [1.82, 2.24) is 9.55 Å². The van der Waals surface area contributed by atoms with Crippen LogP contribution in [-0.2, 0) is 18.8 Å². The quantitative estimate of drug-likeness (QED) is 0.743. The van der Waals surface area contributed by atoms with Crippen LogP contribution in [-0.4, -0.2) is 9.55 Å². The molecule has 2 rings (SSSR count). The smallest absolute Gasteiger partial charge is 0.0948 e. The molecule has 0 unspecified atom stereocenters. The molecule has 0 aliphatic rings. The number of rotatable bonds is 4. The largest absolute Gasteiger partial charge is 0.333 e. The topological polar surface area (TPSA) is 17.8 Å². The summed E-state index contributed by atoms with van der Waals surface area (Å²) in [6.45, 7) is 3.08. The molecule has 16 heavy (non-hydrogen) atoms. The van der Waals surface area contributed by atoms with Gasteiger partial charge in [0.05, 0.1) is 17.9 Å². The second kappa shape index (κ2) is 5.17. The lowest BCUT2D eigenvalue weighted by Gasteiger charge is -2.08. The van der Waals surface area contributed by atoms with Gasteiger partial charge in [-0.2, -0.15) is 0 Å². The van der Waals surface area contributed by atoms with Crippen molar-refractivity contribution < 1.29 is 0 Å². The average Bonchev–Trinajstić information content (AvgIpc) is 2.75. The maximum absolute atomic E-state index is 5.83. The number of benzene rings is 1. The van der Waals surface area contributed by atoms with E-state index in [0.717, 1.165) is 18.7 Å². The summed E-state index contributed by atoms with van der Waals surface area (Å²) in [6, 6.07) is 8.47. The van der Waals surface area contributed by atoms with Crippen LogP contribution < -0.4 is 0 Å². The Morgan fingerprint density at radius 3 is 2.88 bits per heavy atom. The van der Waals surface area contributed by atoms with Crippen molar-refractivity contribution in [3.05, 3.63) is 53.6 Å². The van der Waals surface area contributed by atoms with E-state index in [1.165, 1.54) is 11.1 Å². The van der Waals surface area contributed by atoms with E-state index in [1.807, 2.05) is 12.5 Å². The molecule has 0 aliphatic heterocycles. The molecule has 2 aromatic rings. The minimum Gasteiger partial charge on any atom is -0.333 e.